The lowest BCUT2D eigenvalue weighted by Crippen LogP contribution is -2.29. The van der Waals surface area contributed by atoms with Crippen LogP contribution >= 0.6 is 11.6 Å². The zero-order valence-corrected chi connectivity index (χ0v) is 10.9. The van der Waals surface area contributed by atoms with Crippen LogP contribution in [0.2, 0.25) is 5.15 Å². The third-order valence-corrected chi connectivity index (χ3v) is 2.65. The topological polar surface area (TPSA) is 106 Å². The fourth-order valence-corrected chi connectivity index (χ4v) is 1.49. The van der Waals surface area contributed by atoms with Gasteiger partial charge in [-0.05, 0) is 6.07 Å². The van der Waals surface area contributed by atoms with E-state index < -0.39 is 24.1 Å². The molecule has 0 aliphatic heterocycles. The van der Waals surface area contributed by atoms with Crippen LogP contribution in [0, 0.1) is 0 Å². The summed E-state index contributed by atoms with van der Waals surface area (Å²) in [6.07, 6.45) is -2.26. The first-order valence-electron chi connectivity index (χ1n) is 5.10. The summed E-state index contributed by atoms with van der Waals surface area (Å²) < 4.78 is 8.77. The van der Waals surface area contributed by atoms with Crippen LogP contribution in [-0.2, 0) is 14.3 Å². The van der Waals surface area contributed by atoms with Crippen molar-refractivity contribution in [3.8, 4) is 0 Å². The molecule has 0 spiro atoms. The van der Waals surface area contributed by atoms with Gasteiger partial charge in [0.1, 0.15) is 11.3 Å². The van der Waals surface area contributed by atoms with E-state index in [1.807, 2.05) is 0 Å². The van der Waals surface area contributed by atoms with Gasteiger partial charge in [-0.1, -0.05) is 11.6 Å². The van der Waals surface area contributed by atoms with Gasteiger partial charge in [-0.15, -0.1) is 0 Å². The summed E-state index contributed by atoms with van der Waals surface area (Å²) in [6, 6.07) is 1.18. The van der Waals surface area contributed by atoms with Gasteiger partial charge in [-0.2, -0.15) is 0 Å². The van der Waals surface area contributed by atoms with Crippen LogP contribution in [-0.4, -0.2) is 47.5 Å². The number of nitrogens with zero attached hydrogens (tertiary/aromatic N) is 1. The highest BCUT2D eigenvalue weighted by molar-refractivity contribution is 6.32. The molecule has 0 radical (unpaired) electrons. The molecule has 1 heterocycles. The van der Waals surface area contributed by atoms with E-state index in [0.29, 0.717) is 0 Å². The number of rotatable bonds is 4. The standard InChI is InChI=1S/C11H12ClNO6/c1-18-10(16)6-3-5(4-13-9(6)12)7(14)8(15)11(17)19-2/h3-4,7-8,14-15H,1-2H3. The molecule has 1 rings (SSSR count). The fourth-order valence-electron chi connectivity index (χ4n) is 1.31. The molecule has 8 heteroatoms. The lowest BCUT2D eigenvalue weighted by Gasteiger charge is -2.16. The molecule has 1 aromatic heterocycles. The van der Waals surface area contributed by atoms with Crippen molar-refractivity contribution in [2.45, 2.75) is 12.2 Å². The number of aromatic nitrogens is 1. The molecule has 0 aliphatic rings. The summed E-state index contributed by atoms with van der Waals surface area (Å²) in [6.45, 7) is 0. The van der Waals surface area contributed by atoms with Crippen LogP contribution in [0.3, 0.4) is 0 Å². The van der Waals surface area contributed by atoms with Gasteiger partial charge in [0, 0.05) is 11.8 Å². The normalized spacial score (nSPS) is 13.5. The Morgan fingerprint density at radius 1 is 1.32 bits per heavy atom. The molecule has 1 aromatic rings. The predicted octanol–water partition coefficient (Wildman–Crippen LogP) is 0.0889. The summed E-state index contributed by atoms with van der Waals surface area (Å²) in [5.74, 6) is -1.76. The number of esters is 2. The smallest absolute Gasteiger partial charge is 0.341 e. The second-order valence-electron chi connectivity index (χ2n) is 3.51. The van der Waals surface area contributed by atoms with Crippen molar-refractivity contribution in [1.29, 1.82) is 0 Å². The number of methoxy groups -OCH3 is 2. The maximum atomic E-state index is 11.4. The van der Waals surface area contributed by atoms with E-state index in [1.54, 1.807) is 0 Å². The molecule has 0 saturated heterocycles. The number of pyridine rings is 1. The van der Waals surface area contributed by atoms with Crippen molar-refractivity contribution in [3.63, 3.8) is 0 Å². The highest BCUT2D eigenvalue weighted by atomic mass is 35.5. The van der Waals surface area contributed by atoms with Crippen LogP contribution in [0.15, 0.2) is 12.3 Å². The average Bonchev–Trinajstić information content (AvgIpc) is 2.44. The van der Waals surface area contributed by atoms with Crippen molar-refractivity contribution >= 4 is 23.5 Å². The van der Waals surface area contributed by atoms with Gasteiger partial charge in [0.2, 0.25) is 0 Å². The predicted molar refractivity (Wildman–Crippen MR) is 63.6 cm³/mol. The van der Waals surface area contributed by atoms with E-state index >= 15 is 0 Å². The second kappa shape index (κ2) is 6.46. The Morgan fingerprint density at radius 2 is 1.95 bits per heavy atom. The maximum Gasteiger partial charge on any atom is 0.341 e. The molecular formula is C11H12ClNO6. The SMILES string of the molecule is COC(=O)c1cc(C(O)C(O)C(=O)OC)cnc1Cl. The monoisotopic (exact) mass is 289 g/mol. The second-order valence-corrected chi connectivity index (χ2v) is 3.87. The zero-order chi connectivity index (χ0) is 14.6. The minimum atomic E-state index is -1.79. The number of halogens is 1. The molecule has 2 unspecified atom stereocenters. The molecule has 2 atom stereocenters. The van der Waals surface area contributed by atoms with Gasteiger partial charge < -0.3 is 19.7 Å². The Morgan fingerprint density at radius 3 is 2.47 bits per heavy atom. The Bertz CT molecular complexity index is 492. The summed E-state index contributed by atoms with van der Waals surface area (Å²) >= 11 is 5.70. The van der Waals surface area contributed by atoms with Gasteiger partial charge in [-0.3, -0.25) is 0 Å². The molecule has 2 N–H and O–H groups in total. The number of carbonyl (C=O) groups is 2. The Labute approximate surface area is 113 Å². The molecule has 0 fully saturated rings. The van der Waals surface area contributed by atoms with Crippen molar-refractivity contribution in [2.75, 3.05) is 14.2 Å². The largest absolute Gasteiger partial charge is 0.467 e. The molecule has 0 aliphatic carbocycles. The summed E-state index contributed by atoms with van der Waals surface area (Å²) in [4.78, 5) is 26.2. The van der Waals surface area contributed by atoms with Crippen LogP contribution in [0.4, 0.5) is 0 Å². The van der Waals surface area contributed by atoms with Crippen LogP contribution in [0.25, 0.3) is 0 Å². The van der Waals surface area contributed by atoms with Crippen molar-refractivity contribution in [1.82, 2.24) is 4.98 Å². The molecule has 0 aromatic carbocycles. The molecular weight excluding hydrogens is 278 g/mol. The number of hydrogen-bond acceptors (Lipinski definition) is 7. The molecule has 0 bridgehead atoms. The molecule has 7 nitrogen and oxygen atoms in total. The van der Waals surface area contributed by atoms with Crippen LogP contribution in [0.1, 0.15) is 22.0 Å². The summed E-state index contributed by atoms with van der Waals surface area (Å²) in [7, 11) is 2.23. The van der Waals surface area contributed by atoms with Gasteiger partial charge in [0.15, 0.2) is 6.10 Å². The first-order valence-corrected chi connectivity index (χ1v) is 5.47. The highest BCUT2D eigenvalue weighted by Crippen LogP contribution is 2.22. The van der Waals surface area contributed by atoms with Crippen molar-refractivity contribution < 1.29 is 29.3 Å². The number of carbonyl (C=O) groups excluding carboxylic acids is 2. The van der Waals surface area contributed by atoms with E-state index in [2.05, 4.69) is 14.5 Å². The summed E-state index contributed by atoms with van der Waals surface area (Å²) in [5.41, 5.74) is -0.0551. The first-order chi connectivity index (χ1) is 8.92. The number of ether oxygens (including phenoxy) is 2. The van der Waals surface area contributed by atoms with Gasteiger partial charge in [-0.25, -0.2) is 14.6 Å². The van der Waals surface area contributed by atoms with Gasteiger partial charge >= 0.3 is 11.9 Å². The number of hydrogen-bond donors (Lipinski definition) is 2. The molecule has 0 saturated carbocycles. The summed E-state index contributed by atoms with van der Waals surface area (Å²) in [5, 5.41) is 19.2. The van der Waals surface area contributed by atoms with E-state index in [-0.39, 0.29) is 16.3 Å². The van der Waals surface area contributed by atoms with E-state index in [4.69, 9.17) is 11.6 Å². The molecule has 19 heavy (non-hydrogen) atoms. The minimum Gasteiger partial charge on any atom is -0.467 e. The lowest BCUT2D eigenvalue weighted by molar-refractivity contribution is -0.156. The Hall–Kier alpha value is -1.70. The lowest BCUT2D eigenvalue weighted by atomic mass is 10.0. The van der Waals surface area contributed by atoms with Gasteiger partial charge in [0.25, 0.3) is 0 Å². The fraction of sp³-hybridized carbons (Fsp3) is 0.364. The zero-order valence-electron chi connectivity index (χ0n) is 10.2. The maximum absolute atomic E-state index is 11.4. The minimum absolute atomic E-state index is 0.0303. The highest BCUT2D eigenvalue weighted by Gasteiger charge is 2.28. The Balaban J connectivity index is 3.08. The van der Waals surface area contributed by atoms with Crippen molar-refractivity contribution in [2.24, 2.45) is 0 Å². The third-order valence-electron chi connectivity index (χ3n) is 2.35. The van der Waals surface area contributed by atoms with Crippen molar-refractivity contribution in [3.05, 3.63) is 28.5 Å². The Kier molecular flexibility index (Phi) is 5.22. The number of aliphatic hydroxyl groups excluding tert-OH is 2. The average molecular weight is 290 g/mol. The number of aliphatic hydroxyl groups is 2. The van der Waals surface area contributed by atoms with Crippen LogP contribution in [0.5, 0.6) is 0 Å². The molecule has 104 valence electrons. The van der Waals surface area contributed by atoms with Crippen LogP contribution < -0.4 is 0 Å². The first kappa shape index (κ1) is 15.4. The van der Waals surface area contributed by atoms with E-state index in [0.717, 1.165) is 20.4 Å². The molecule has 0 amide bonds. The van der Waals surface area contributed by atoms with E-state index in [9.17, 15) is 19.8 Å². The third kappa shape index (κ3) is 3.40. The van der Waals surface area contributed by atoms with Gasteiger partial charge in [0.05, 0.1) is 19.8 Å². The quantitative estimate of drug-likeness (QED) is 0.597. The van der Waals surface area contributed by atoms with E-state index in [1.165, 1.54) is 6.07 Å².